The number of rotatable bonds is 8. The minimum atomic E-state index is -3.48. The maximum Gasteiger partial charge on any atom is 0.214 e. The molecule has 8 heteroatoms. The van der Waals surface area contributed by atoms with Crippen LogP contribution in [-0.4, -0.2) is 41.0 Å². The van der Waals surface area contributed by atoms with Crippen LogP contribution < -0.4 is 4.90 Å². The second kappa shape index (κ2) is 10.2. The van der Waals surface area contributed by atoms with Gasteiger partial charge < -0.3 is 9.88 Å². The van der Waals surface area contributed by atoms with Gasteiger partial charge in [-0.15, -0.1) is 0 Å². The lowest BCUT2D eigenvalue weighted by molar-refractivity contribution is 0.317. The molecule has 7 nitrogen and oxygen atoms in total. The zero-order valence-corrected chi connectivity index (χ0v) is 19.6. The summed E-state index contributed by atoms with van der Waals surface area (Å²) in [7, 11) is -3.48. The fourth-order valence-electron chi connectivity index (χ4n) is 4.37. The quantitative estimate of drug-likeness (QED) is 0.499. The van der Waals surface area contributed by atoms with E-state index in [0.717, 1.165) is 28.9 Å². The highest BCUT2D eigenvalue weighted by Gasteiger charge is 2.35. The molecule has 0 spiro atoms. The third kappa shape index (κ3) is 5.44. The van der Waals surface area contributed by atoms with Crippen molar-refractivity contribution >= 4 is 21.4 Å². The van der Waals surface area contributed by atoms with Crippen molar-refractivity contribution in [2.24, 2.45) is 0 Å². The number of hydrogen-bond donors (Lipinski definition) is 1. The average Bonchev–Trinajstić information content (AvgIpc) is 3.28. The van der Waals surface area contributed by atoms with E-state index in [2.05, 4.69) is 19.7 Å². The number of nitrogens with zero attached hydrogens (tertiary/aromatic N) is 4. The van der Waals surface area contributed by atoms with Crippen LogP contribution in [0.25, 0.3) is 4.85 Å². The fourth-order valence-corrected chi connectivity index (χ4v) is 6.19. The summed E-state index contributed by atoms with van der Waals surface area (Å²) in [5, 5.41) is 0. The van der Waals surface area contributed by atoms with Gasteiger partial charge >= 0.3 is 0 Å². The summed E-state index contributed by atoms with van der Waals surface area (Å²) >= 11 is 0. The number of nitrogens with one attached hydrogen (secondary N) is 1. The number of fused-ring (bicyclic) bond motifs is 1. The van der Waals surface area contributed by atoms with Crippen LogP contribution in [0.15, 0.2) is 61.1 Å². The minimum absolute atomic E-state index is 0.132. The second-order valence-corrected chi connectivity index (χ2v) is 10.5. The van der Waals surface area contributed by atoms with Crippen LogP contribution in [-0.2, 0) is 29.5 Å². The monoisotopic (exact) mass is 463 g/mol. The first-order valence-electron chi connectivity index (χ1n) is 11.3. The number of aromatic amines is 1. The SMILES string of the molecule is [C-]#[N+]c1ccc2c(c1)CN(S(=O)(=O)CCCC)[C@H](Cc1ccccc1)CN2Cc1cnc[nH]1. The van der Waals surface area contributed by atoms with Gasteiger partial charge in [-0.25, -0.2) is 18.2 Å². The van der Waals surface area contributed by atoms with Crippen molar-refractivity contribution in [3.8, 4) is 0 Å². The Morgan fingerprint density at radius 2 is 2.03 bits per heavy atom. The molecule has 0 saturated carbocycles. The van der Waals surface area contributed by atoms with Gasteiger partial charge in [-0.3, -0.25) is 0 Å². The lowest BCUT2D eigenvalue weighted by atomic mass is 10.1. The molecule has 1 aliphatic rings. The van der Waals surface area contributed by atoms with Gasteiger partial charge in [0.05, 0.1) is 30.9 Å². The molecule has 1 aliphatic heterocycles. The summed E-state index contributed by atoms with van der Waals surface area (Å²) < 4.78 is 28.7. The first-order valence-corrected chi connectivity index (χ1v) is 12.9. The maximum absolute atomic E-state index is 13.5. The van der Waals surface area contributed by atoms with E-state index in [1.165, 1.54) is 0 Å². The zero-order valence-electron chi connectivity index (χ0n) is 18.8. The highest BCUT2D eigenvalue weighted by molar-refractivity contribution is 7.89. The van der Waals surface area contributed by atoms with Crippen molar-refractivity contribution in [2.45, 2.75) is 45.3 Å². The number of anilines is 1. The summed E-state index contributed by atoms with van der Waals surface area (Å²) in [5.41, 5.74) is 4.40. The molecule has 0 bridgehead atoms. The Bertz CT molecular complexity index is 1200. The second-order valence-electron chi connectivity index (χ2n) is 8.44. The summed E-state index contributed by atoms with van der Waals surface area (Å²) in [6.07, 6.45) is 5.51. The van der Waals surface area contributed by atoms with Crippen molar-refractivity contribution in [3.05, 3.63) is 89.3 Å². The Kier molecular flexibility index (Phi) is 7.11. The van der Waals surface area contributed by atoms with Gasteiger partial charge in [0.15, 0.2) is 5.69 Å². The molecular formula is C25H29N5O2S. The Hall–Kier alpha value is -3.15. The van der Waals surface area contributed by atoms with Crippen LogP contribution in [0.1, 0.15) is 36.6 Å². The van der Waals surface area contributed by atoms with E-state index in [-0.39, 0.29) is 18.3 Å². The number of unbranched alkanes of at least 4 members (excludes halogenated alkanes) is 1. The highest BCUT2D eigenvalue weighted by atomic mass is 32.2. The van der Waals surface area contributed by atoms with Gasteiger partial charge in [0.1, 0.15) is 0 Å². The molecule has 1 aromatic heterocycles. The Morgan fingerprint density at radius 1 is 1.21 bits per heavy atom. The summed E-state index contributed by atoms with van der Waals surface area (Å²) in [6.45, 7) is 10.8. The van der Waals surface area contributed by atoms with E-state index in [9.17, 15) is 8.42 Å². The normalized spacial score (nSPS) is 16.7. The first-order chi connectivity index (χ1) is 16.0. The third-order valence-corrected chi connectivity index (χ3v) is 7.99. The first kappa shape index (κ1) is 23.0. The summed E-state index contributed by atoms with van der Waals surface area (Å²) in [4.78, 5) is 13.1. The summed E-state index contributed by atoms with van der Waals surface area (Å²) in [5.74, 6) is 0.132. The number of H-pyrrole nitrogens is 1. The Labute approximate surface area is 196 Å². The average molecular weight is 464 g/mol. The van der Waals surface area contributed by atoms with Crippen molar-refractivity contribution in [1.29, 1.82) is 0 Å². The topological polar surface area (TPSA) is 73.7 Å². The van der Waals surface area contributed by atoms with Gasteiger partial charge in [-0.2, -0.15) is 4.31 Å². The molecule has 0 saturated heterocycles. The predicted octanol–water partition coefficient (Wildman–Crippen LogP) is 4.52. The molecule has 4 rings (SSSR count). The number of benzene rings is 2. The zero-order chi connectivity index (χ0) is 23.3. The summed E-state index contributed by atoms with van der Waals surface area (Å²) in [6, 6.07) is 15.4. The minimum Gasteiger partial charge on any atom is -0.364 e. The van der Waals surface area contributed by atoms with Gasteiger partial charge in [0.25, 0.3) is 0 Å². The van der Waals surface area contributed by atoms with E-state index in [1.54, 1.807) is 22.9 Å². The van der Waals surface area contributed by atoms with Crippen LogP contribution >= 0.6 is 0 Å². The van der Waals surface area contributed by atoms with Gasteiger partial charge in [0.2, 0.25) is 10.0 Å². The van der Waals surface area contributed by atoms with Gasteiger partial charge in [-0.05, 0) is 36.1 Å². The van der Waals surface area contributed by atoms with E-state index in [4.69, 9.17) is 6.57 Å². The van der Waals surface area contributed by atoms with Crippen LogP contribution in [0.3, 0.4) is 0 Å². The maximum atomic E-state index is 13.5. The molecule has 1 atom stereocenters. The van der Waals surface area contributed by atoms with Crippen LogP contribution in [0.4, 0.5) is 11.4 Å². The molecule has 0 unspecified atom stereocenters. The van der Waals surface area contributed by atoms with Crippen molar-refractivity contribution in [2.75, 3.05) is 17.2 Å². The molecule has 0 fully saturated rings. The molecule has 172 valence electrons. The van der Waals surface area contributed by atoms with Crippen LogP contribution in [0.2, 0.25) is 0 Å². The number of sulfonamides is 1. The lowest BCUT2D eigenvalue weighted by Gasteiger charge is -2.32. The van der Waals surface area contributed by atoms with E-state index >= 15 is 0 Å². The predicted molar refractivity (Wildman–Crippen MR) is 131 cm³/mol. The molecule has 2 aromatic carbocycles. The molecule has 0 radical (unpaired) electrons. The lowest BCUT2D eigenvalue weighted by Crippen LogP contribution is -2.46. The molecule has 2 heterocycles. The third-order valence-electron chi connectivity index (χ3n) is 6.04. The van der Waals surface area contributed by atoms with Crippen molar-refractivity contribution in [1.82, 2.24) is 14.3 Å². The number of aromatic nitrogens is 2. The Morgan fingerprint density at radius 3 is 2.73 bits per heavy atom. The molecule has 33 heavy (non-hydrogen) atoms. The Balaban J connectivity index is 1.77. The van der Waals surface area contributed by atoms with Gasteiger partial charge in [0, 0.05) is 31.0 Å². The fraction of sp³-hybridized carbons (Fsp3) is 0.360. The smallest absolute Gasteiger partial charge is 0.214 e. The molecule has 0 amide bonds. The van der Waals surface area contributed by atoms with E-state index in [1.807, 2.05) is 49.4 Å². The standard InChI is InChI=1S/C25H29N5O2S/c1-3-4-12-33(31,32)30-16-21-14-22(26-2)10-11-25(21)29(17-23-15-27-19-28-23)18-24(30)13-20-8-6-5-7-9-20/h5-11,14-15,19,24H,3-4,12-13,16-18H2,1H3,(H,27,28)/t24-/m1/s1. The van der Waals surface area contributed by atoms with Crippen molar-refractivity contribution in [3.63, 3.8) is 0 Å². The number of imidazole rings is 1. The molecule has 0 aliphatic carbocycles. The molecular weight excluding hydrogens is 434 g/mol. The van der Waals surface area contributed by atoms with Gasteiger partial charge in [-0.1, -0.05) is 49.7 Å². The molecule has 1 N–H and O–H groups in total. The van der Waals surface area contributed by atoms with E-state index in [0.29, 0.717) is 31.6 Å². The van der Waals surface area contributed by atoms with Crippen LogP contribution in [0, 0.1) is 6.57 Å². The van der Waals surface area contributed by atoms with Crippen molar-refractivity contribution < 1.29 is 8.42 Å². The highest BCUT2D eigenvalue weighted by Crippen LogP contribution is 2.34. The van der Waals surface area contributed by atoms with E-state index < -0.39 is 10.0 Å². The number of hydrogen-bond acceptors (Lipinski definition) is 4. The largest absolute Gasteiger partial charge is 0.364 e. The molecule has 3 aromatic rings. The van der Waals surface area contributed by atoms with Crippen LogP contribution in [0.5, 0.6) is 0 Å².